The molecule has 0 heterocycles. The summed E-state index contributed by atoms with van der Waals surface area (Å²) in [5.41, 5.74) is 0.458. The Kier molecular flexibility index (Phi) is 8.11. The lowest BCUT2D eigenvalue weighted by atomic mass is 10.0. The van der Waals surface area contributed by atoms with Crippen LogP contribution in [0, 0.1) is 6.92 Å². The molecule has 0 aliphatic carbocycles. The topological polar surface area (TPSA) is 105 Å². The Labute approximate surface area is 145 Å². The van der Waals surface area contributed by atoms with Gasteiger partial charge >= 0.3 is 11.9 Å². The molecule has 0 saturated carbocycles. The van der Waals surface area contributed by atoms with Crippen LogP contribution in [-0.4, -0.2) is 50.9 Å². The van der Waals surface area contributed by atoms with Gasteiger partial charge in [0.25, 0.3) is 0 Å². The van der Waals surface area contributed by atoms with Crippen molar-refractivity contribution in [1.82, 2.24) is 0 Å². The molecule has 1 rings (SSSR count). The first-order valence-electron chi connectivity index (χ1n) is 7.63. The van der Waals surface area contributed by atoms with Crippen molar-refractivity contribution in [3.8, 4) is 11.5 Å². The maximum Gasteiger partial charge on any atom is 0.344 e. The zero-order valence-electron chi connectivity index (χ0n) is 14.3. The van der Waals surface area contributed by atoms with Gasteiger partial charge in [0.15, 0.2) is 25.8 Å². The summed E-state index contributed by atoms with van der Waals surface area (Å²) in [6.45, 7) is 4.42. The van der Waals surface area contributed by atoms with E-state index in [0.29, 0.717) is 18.1 Å². The largest absolute Gasteiger partial charge is 0.481 e. The zero-order valence-corrected chi connectivity index (χ0v) is 14.3. The van der Waals surface area contributed by atoms with E-state index in [2.05, 4.69) is 0 Å². The third-order valence-corrected chi connectivity index (χ3v) is 3.05. The van der Waals surface area contributed by atoms with Crippen molar-refractivity contribution >= 4 is 24.5 Å². The highest BCUT2D eigenvalue weighted by Crippen LogP contribution is 2.34. The monoisotopic (exact) mass is 352 g/mol. The van der Waals surface area contributed by atoms with Gasteiger partial charge in [-0.1, -0.05) is 0 Å². The average molecular weight is 352 g/mol. The molecule has 0 fully saturated rings. The van der Waals surface area contributed by atoms with Gasteiger partial charge in [-0.3, -0.25) is 9.59 Å². The standard InChI is InChI=1S/C17H20O8/c1-4-22-14(20)9-24-16-11(3)17(25-10-15(21)23-5-2)13(8-19)6-12(16)7-18/h6-8H,4-5,9-10H2,1-3H3. The number of carbonyl (C=O) groups is 4. The van der Waals surface area contributed by atoms with E-state index >= 15 is 0 Å². The maximum atomic E-state index is 11.4. The Morgan fingerprint density at radius 3 is 1.60 bits per heavy atom. The highest BCUT2D eigenvalue weighted by Gasteiger charge is 2.19. The summed E-state index contributed by atoms with van der Waals surface area (Å²) in [6, 6.07) is 1.26. The van der Waals surface area contributed by atoms with Crippen LogP contribution in [0.15, 0.2) is 6.07 Å². The number of esters is 2. The number of ether oxygens (including phenoxy) is 4. The summed E-state index contributed by atoms with van der Waals surface area (Å²) >= 11 is 0. The predicted molar refractivity (Wildman–Crippen MR) is 86.2 cm³/mol. The van der Waals surface area contributed by atoms with E-state index in [-0.39, 0.29) is 35.8 Å². The van der Waals surface area contributed by atoms with Crippen molar-refractivity contribution in [2.75, 3.05) is 26.4 Å². The molecule has 0 unspecified atom stereocenters. The second kappa shape index (κ2) is 10.1. The first-order valence-corrected chi connectivity index (χ1v) is 7.63. The quantitative estimate of drug-likeness (QED) is 0.461. The molecule has 25 heavy (non-hydrogen) atoms. The number of hydrogen-bond donors (Lipinski definition) is 0. The van der Waals surface area contributed by atoms with Crippen molar-refractivity contribution < 1.29 is 38.1 Å². The lowest BCUT2D eigenvalue weighted by molar-refractivity contribution is -0.146. The molecule has 0 amide bonds. The Balaban J connectivity index is 3.11. The molecule has 136 valence electrons. The van der Waals surface area contributed by atoms with Crippen LogP contribution in [0.1, 0.15) is 40.1 Å². The van der Waals surface area contributed by atoms with Crippen LogP contribution in [0.5, 0.6) is 11.5 Å². The molecule has 0 radical (unpaired) electrons. The molecule has 1 aromatic carbocycles. The molecule has 0 aliphatic heterocycles. The normalized spacial score (nSPS) is 9.88. The minimum absolute atomic E-state index is 0.0763. The summed E-state index contributed by atoms with van der Waals surface area (Å²) in [6.07, 6.45) is 0.991. The number of hydrogen-bond acceptors (Lipinski definition) is 8. The first-order chi connectivity index (χ1) is 12.0. The SMILES string of the molecule is CCOC(=O)COc1c(C=O)cc(C=O)c(OCC(=O)OCC)c1C. The van der Waals surface area contributed by atoms with Crippen molar-refractivity contribution in [3.05, 3.63) is 22.8 Å². The van der Waals surface area contributed by atoms with Crippen LogP contribution in [-0.2, 0) is 19.1 Å². The van der Waals surface area contributed by atoms with Crippen molar-refractivity contribution in [1.29, 1.82) is 0 Å². The van der Waals surface area contributed by atoms with Crippen molar-refractivity contribution in [2.24, 2.45) is 0 Å². The summed E-state index contributed by atoms with van der Waals surface area (Å²) in [5, 5.41) is 0. The van der Waals surface area contributed by atoms with E-state index < -0.39 is 25.2 Å². The molecule has 8 nitrogen and oxygen atoms in total. The molecule has 0 aromatic heterocycles. The molecule has 1 aromatic rings. The Morgan fingerprint density at radius 1 is 0.880 bits per heavy atom. The highest BCUT2D eigenvalue weighted by molar-refractivity contribution is 5.89. The van der Waals surface area contributed by atoms with E-state index in [0.717, 1.165) is 0 Å². The summed E-state index contributed by atoms with van der Waals surface area (Å²) in [5.74, 6) is -1.06. The van der Waals surface area contributed by atoms with Crippen LogP contribution < -0.4 is 9.47 Å². The van der Waals surface area contributed by atoms with E-state index in [4.69, 9.17) is 18.9 Å². The van der Waals surface area contributed by atoms with Gasteiger partial charge in [-0.2, -0.15) is 0 Å². The summed E-state index contributed by atoms with van der Waals surface area (Å²) in [7, 11) is 0. The van der Waals surface area contributed by atoms with E-state index in [1.807, 2.05) is 0 Å². The summed E-state index contributed by atoms with van der Waals surface area (Å²) < 4.78 is 20.2. The molecule has 0 spiro atoms. The van der Waals surface area contributed by atoms with Gasteiger partial charge in [0.05, 0.1) is 24.3 Å². The number of rotatable bonds is 10. The number of aldehydes is 2. The van der Waals surface area contributed by atoms with Crippen LogP contribution in [0.4, 0.5) is 0 Å². The predicted octanol–water partition coefficient (Wildman–Crippen LogP) is 1.50. The third-order valence-electron chi connectivity index (χ3n) is 3.05. The van der Waals surface area contributed by atoms with Crippen LogP contribution >= 0.6 is 0 Å². The molecular weight excluding hydrogens is 332 g/mol. The van der Waals surface area contributed by atoms with E-state index in [9.17, 15) is 19.2 Å². The van der Waals surface area contributed by atoms with Gasteiger partial charge in [-0.05, 0) is 26.8 Å². The van der Waals surface area contributed by atoms with Crippen molar-refractivity contribution in [3.63, 3.8) is 0 Å². The molecule has 8 heteroatoms. The van der Waals surface area contributed by atoms with Gasteiger partial charge in [-0.15, -0.1) is 0 Å². The molecule has 0 N–H and O–H groups in total. The van der Waals surface area contributed by atoms with E-state index in [1.165, 1.54) is 6.07 Å². The van der Waals surface area contributed by atoms with Gasteiger partial charge < -0.3 is 18.9 Å². The number of benzene rings is 1. The molecule has 0 atom stereocenters. The van der Waals surface area contributed by atoms with Crippen LogP contribution in [0.25, 0.3) is 0 Å². The Morgan fingerprint density at radius 2 is 1.28 bits per heavy atom. The molecule has 0 bridgehead atoms. The smallest absolute Gasteiger partial charge is 0.344 e. The number of carbonyl (C=O) groups excluding carboxylic acids is 4. The van der Waals surface area contributed by atoms with Crippen LogP contribution in [0.2, 0.25) is 0 Å². The lowest BCUT2D eigenvalue weighted by Crippen LogP contribution is -2.18. The highest BCUT2D eigenvalue weighted by atomic mass is 16.6. The minimum atomic E-state index is -0.604. The van der Waals surface area contributed by atoms with E-state index in [1.54, 1.807) is 20.8 Å². The minimum Gasteiger partial charge on any atom is -0.481 e. The Bertz CT molecular complexity index is 598. The Hall–Kier alpha value is -2.90. The molecule has 0 aliphatic rings. The second-order valence-electron chi connectivity index (χ2n) is 4.76. The third kappa shape index (κ3) is 5.59. The van der Waals surface area contributed by atoms with Crippen molar-refractivity contribution in [2.45, 2.75) is 20.8 Å². The first kappa shape index (κ1) is 20.1. The fourth-order valence-corrected chi connectivity index (χ4v) is 2.06. The fourth-order valence-electron chi connectivity index (χ4n) is 2.06. The average Bonchev–Trinajstić information content (AvgIpc) is 2.59. The van der Waals surface area contributed by atoms with Gasteiger partial charge in [0.1, 0.15) is 11.5 Å². The molecular formula is C17H20O8. The van der Waals surface area contributed by atoms with Crippen LogP contribution in [0.3, 0.4) is 0 Å². The fraction of sp³-hybridized carbons (Fsp3) is 0.412. The van der Waals surface area contributed by atoms with Gasteiger partial charge in [0.2, 0.25) is 0 Å². The van der Waals surface area contributed by atoms with Gasteiger partial charge in [0, 0.05) is 5.56 Å². The maximum absolute atomic E-state index is 11.4. The lowest BCUT2D eigenvalue weighted by Gasteiger charge is -2.17. The zero-order chi connectivity index (χ0) is 18.8. The van der Waals surface area contributed by atoms with Gasteiger partial charge in [-0.25, -0.2) is 9.59 Å². The summed E-state index contributed by atoms with van der Waals surface area (Å²) in [4.78, 5) is 45.4. The second-order valence-corrected chi connectivity index (χ2v) is 4.76. The molecule has 0 saturated heterocycles.